The molecule has 1 aromatic rings. The molecule has 2 rings (SSSR count). The molecule has 0 spiro atoms. The molecule has 0 bridgehead atoms. The van der Waals surface area contributed by atoms with Crippen molar-refractivity contribution >= 4 is 0 Å². The van der Waals surface area contributed by atoms with Crippen molar-refractivity contribution in [2.45, 2.75) is 25.3 Å². The van der Waals surface area contributed by atoms with Gasteiger partial charge in [0.25, 0.3) is 0 Å². The lowest BCUT2D eigenvalue weighted by Gasteiger charge is -2.17. The van der Waals surface area contributed by atoms with Gasteiger partial charge in [-0.3, -0.25) is 0 Å². The number of hydrogen-bond acceptors (Lipinski definition) is 2. The van der Waals surface area contributed by atoms with Gasteiger partial charge in [-0.15, -0.1) is 0 Å². The third-order valence-electron chi connectivity index (χ3n) is 3.09. The molecule has 1 aliphatic carbocycles. The van der Waals surface area contributed by atoms with E-state index >= 15 is 0 Å². The van der Waals surface area contributed by atoms with Crippen molar-refractivity contribution in [3.05, 3.63) is 34.9 Å². The molecule has 0 heterocycles. The molecular formula is C12H17NO. The Morgan fingerprint density at radius 3 is 3.00 bits per heavy atom. The van der Waals surface area contributed by atoms with E-state index < -0.39 is 0 Å². The number of benzene rings is 1. The molecule has 2 heteroatoms. The van der Waals surface area contributed by atoms with Gasteiger partial charge < -0.3 is 10.4 Å². The van der Waals surface area contributed by atoms with E-state index in [4.69, 9.17) is 0 Å². The van der Waals surface area contributed by atoms with Crippen LogP contribution in [0.5, 0.6) is 0 Å². The summed E-state index contributed by atoms with van der Waals surface area (Å²) in [4.78, 5) is 0. The Labute approximate surface area is 85.0 Å². The molecule has 0 saturated carbocycles. The van der Waals surface area contributed by atoms with Crippen molar-refractivity contribution in [1.82, 2.24) is 5.32 Å². The predicted octanol–water partition coefficient (Wildman–Crippen LogP) is 1.43. The molecule has 0 saturated heterocycles. The second kappa shape index (κ2) is 4.11. The van der Waals surface area contributed by atoms with Gasteiger partial charge in [-0.05, 0) is 43.0 Å². The molecule has 0 amide bonds. The van der Waals surface area contributed by atoms with Crippen molar-refractivity contribution in [1.29, 1.82) is 0 Å². The second-order valence-electron chi connectivity index (χ2n) is 3.86. The number of fused-ring (bicyclic) bond motifs is 1. The zero-order valence-corrected chi connectivity index (χ0v) is 8.59. The van der Waals surface area contributed by atoms with Gasteiger partial charge in [0, 0.05) is 0 Å². The van der Waals surface area contributed by atoms with Crippen LogP contribution in [-0.2, 0) is 12.8 Å². The molecular weight excluding hydrogens is 174 g/mol. The van der Waals surface area contributed by atoms with Crippen LogP contribution in [0, 0.1) is 0 Å². The number of aliphatic hydroxyl groups excluding tert-OH is 1. The first-order valence-corrected chi connectivity index (χ1v) is 5.25. The maximum atomic E-state index is 9.25. The van der Waals surface area contributed by atoms with Crippen molar-refractivity contribution in [2.75, 3.05) is 13.7 Å². The van der Waals surface area contributed by atoms with Crippen LogP contribution in [0.2, 0.25) is 0 Å². The molecule has 0 unspecified atom stereocenters. The van der Waals surface area contributed by atoms with E-state index in [9.17, 15) is 5.11 Å². The zero-order chi connectivity index (χ0) is 9.97. The second-order valence-corrected chi connectivity index (χ2v) is 3.86. The van der Waals surface area contributed by atoms with E-state index in [2.05, 4.69) is 23.5 Å². The first kappa shape index (κ1) is 9.69. The molecule has 0 radical (unpaired) electrons. The third kappa shape index (κ3) is 1.56. The van der Waals surface area contributed by atoms with Crippen molar-refractivity contribution in [3.8, 4) is 0 Å². The molecule has 2 nitrogen and oxygen atoms in total. The Morgan fingerprint density at radius 1 is 1.43 bits per heavy atom. The van der Waals surface area contributed by atoms with Crippen LogP contribution in [0.15, 0.2) is 18.2 Å². The average molecular weight is 191 g/mol. The molecule has 14 heavy (non-hydrogen) atoms. The van der Waals surface area contributed by atoms with Gasteiger partial charge in [0.2, 0.25) is 0 Å². The van der Waals surface area contributed by atoms with Crippen LogP contribution >= 0.6 is 0 Å². The maximum Gasteiger partial charge on any atom is 0.0626 e. The molecule has 1 aromatic carbocycles. The van der Waals surface area contributed by atoms with Crippen molar-refractivity contribution < 1.29 is 5.11 Å². The highest BCUT2D eigenvalue weighted by molar-refractivity contribution is 5.40. The van der Waals surface area contributed by atoms with E-state index in [0.29, 0.717) is 0 Å². The van der Waals surface area contributed by atoms with E-state index in [1.54, 1.807) is 0 Å². The van der Waals surface area contributed by atoms with Crippen LogP contribution in [-0.4, -0.2) is 18.8 Å². The minimum Gasteiger partial charge on any atom is -0.394 e. The summed E-state index contributed by atoms with van der Waals surface area (Å²) in [5, 5.41) is 12.4. The summed E-state index contributed by atoms with van der Waals surface area (Å²) in [6.45, 7) is 0.174. The van der Waals surface area contributed by atoms with Gasteiger partial charge in [-0.2, -0.15) is 0 Å². The average Bonchev–Trinajstić information content (AvgIpc) is 2.68. The van der Waals surface area contributed by atoms with Crippen LogP contribution in [0.3, 0.4) is 0 Å². The van der Waals surface area contributed by atoms with Gasteiger partial charge in [0.1, 0.15) is 0 Å². The van der Waals surface area contributed by atoms with Gasteiger partial charge in [-0.25, -0.2) is 0 Å². The highest BCUT2D eigenvalue weighted by Gasteiger charge is 2.18. The fraction of sp³-hybridized carbons (Fsp3) is 0.500. The predicted molar refractivity (Wildman–Crippen MR) is 57.4 cm³/mol. The smallest absolute Gasteiger partial charge is 0.0626 e. The van der Waals surface area contributed by atoms with E-state index in [0.717, 1.165) is 0 Å². The Morgan fingerprint density at radius 2 is 2.29 bits per heavy atom. The Balaban J connectivity index is 2.38. The number of aliphatic hydroxyl groups is 1. The van der Waals surface area contributed by atoms with E-state index in [1.807, 2.05) is 7.05 Å². The summed E-state index contributed by atoms with van der Waals surface area (Å²) in [5.41, 5.74) is 4.21. The number of rotatable bonds is 3. The molecule has 1 aliphatic rings. The van der Waals surface area contributed by atoms with Gasteiger partial charge >= 0.3 is 0 Å². The lowest BCUT2D eigenvalue weighted by molar-refractivity contribution is 0.250. The number of hydrogen-bond donors (Lipinski definition) is 2. The summed E-state index contributed by atoms with van der Waals surface area (Å²) in [5.74, 6) is 0. The normalized spacial score (nSPS) is 16.7. The highest BCUT2D eigenvalue weighted by atomic mass is 16.3. The largest absolute Gasteiger partial charge is 0.394 e. The van der Waals surface area contributed by atoms with E-state index in [1.165, 1.54) is 36.0 Å². The summed E-state index contributed by atoms with van der Waals surface area (Å²) in [6.07, 6.45) is 3.63. The van der Waals surface area contributed by atoms with Gasteiger partial charge in [0.05, 0.1) is 12.6 Å². The first-order valence-electron chi connectivity index (χ1n) is 5.25. The van der Waals surface area contributed by atoms with Gasteiger partial charge in [0.15, 0.2) is 0 Å². The fourth-order valence-electron chi connectivity index (χ4n) is 2.32. The highest BCUT2D eigenvalue weighted by Crippen LogP contribution is 2.28. The summed E-state index contributed by atoms with van der Waals surface area (Å²) in [7, 11) is 1.90. The maximum absolute atomic E-state index is 9.25. The lowest BCUT2D eigenvalue weighted by Crippen LogP contribution is -2.21. The molecule has 0 aromatic heterocycles. The van der Waals surface area contributed by atoms with Crippen LogP contribution in [0.1, 0.15) is 29.2 Å². The lowest BCUT2D eigenvalue weighted by atomic mass is 9.98. The topological polar surface area (TPSA) is 32.3 Å². The Bertz CT molecular complexity index is 318. The fourth-order valence-corrected chi connectivity index (χ4v) is 2.32. The molecule has 0 aliphatic heterocycles. The monoisotopic (exact) mass is 191 g/mol. The van der Waals surface area contributed by atoms with Crippen molar-refractivity contribution in [3.63, 3.8) is 0 Å². The van der Waals surface area contributed by atoms with Crippen LogP contribution in [0.4, 0.5) is 0 Å². The molecule has 0 fully saturated rings. The Hall–Kier alpha value is -0.860. The first-order chi connectivity index (χ1) is 6.86. The quantitative estimate of drug-likeness (QED) is 0.757. The van der Waals surface area contributed by atoms with Gasteiger partial charge in [-0.1, -0.05) is 18.2 Å². The minimum atomic E-state index is 0.100. The number of likely N-dealkylation sites (N-methyl/N-ethyl adjacent to an activating group) is 1. The number of nitrogens with one attached hydrogen (secondary N) is 1. The molecule has 2 N–H and O–H groups in total. The van der Waals surface area contributed by atoms with Crippen LogP contribution in [0.25, 0.3) is 0 Å². The summed E-state index contributed by atoms with van der Waals surface area (Å²) < 4.78 is 0. The van der Waals surface area contributed by atoms with Crippen molar-refractivity contribution in [2.24, 2.45) is 0 Å². The minimum absolute atomic E-state index is 0.100. The number of aryl methyl sites for hydroxylation is 1. The standard InChI is InChI=1S/C12H17NO/c1-13-12(8-14)11-7-3-5-9-4-2-6-10(9)11/h3,5,7,12-14H,2,4,6,8H2,1H3/t12-/m1/s1. The molecule has 1 atom stereocenters. The zero-order valence-electron chi connectivity index (χ0n) is 8.59. The SMILES string of the molecule is CN[C@H](CO)c1cccc2c1CCC2. The van der Waals surface area contributed by atoms with Crippen LogP contribution < -0.4 is 5.32 Å². The summed E-state index contributed by atoms with van der Waals surface area (Å²) >= 11 is 0. The summed E-state index contributed by atoms with van der Waals surface area (Å²) in [6, 6.07) is 6.53. The van der Waals surface area contributed by atoms with E-state index in [-0.39, 0.29) is 12.6 Å². The molecule has 76 valence electrons. The Kier molecular flexibility index (Phi) is 2.85. The third-order valence-corrected chi connectivity index (χ3v) is 3.09.